The number of ether oxygens (including phenoxy) is 1. The Balaban J connectivity index is 2.36. The highest BCUT2D eigenvalue weighted by atomic mass is 19.2. The van der Waals surface area contributed by atoms with E-state index in [0.29, 0.717) is 18.7 Å². The second-order valence-corrected chi connectivity index (χ2v) is 4.62. The van der Waals surface area contributed by atoms with Crippen LogP contribution in [-0.4, -0.2) is 19.7 Å². The molecular formula is C13H17F2NO. The molecule has 1 fully saturated rings. The van der Waals surface area contributed by atoms with Crippen molar-refractivity contribution in [2.24, 2.45) is 0 Å². The molecule has 1 aliphatic heterocycles. The maximum atomic E-state index is 13.7. The summed E-state index contributed by atoms with van der Waals surface area (Å²) in [7, 11) is 0. The van der Waals surface area contributed by atoms with Gasteiger partial charge in [-0.05, 0) is 23.6 Å². The van der Waals surface area contributed by atoms with Gasteiger partial charge in [-0.3, -0.25) is 0 Å². The van der Waals surface area contributed by atoms with Gasteiger partial charge in [-0.1, -0.05) is 13.8 Å². The molecule has 1 atom stereocenters. The lowest BCUT2D eigenvalue weighted by Crippen LogP contribution is -2.34. The second kappa shape index (κ2) is 5.10. The van der Waals surface area contributed by atoms with E-state index in [4.69, 9.17) is 4.74 Å². The van der Waals surface area contributed by atoms with Gasteiger partial charge in [0.15, 0.2) is 11.6 Å². The molecule has 0 radical (unpaired) electrons. The van der Waals surface area contributed by atoms with E-state index in [1.54, 1.807) is 6.07 Å². The van der Waals surface area contributed by atoms with Gasteiger partial charge in [0.05, 0.1) is 12.7 Å². The van der Waals surface area contributed by atoms with Gasteiger partial charge in [-0.25, -0.2) is 8.78 Å². The SMILES string of the molecule is CC(C)c1cc(F)c(F)c(C2CNCCO2)c1. The van der Waals surface area contributed by atoms with Crippen molar-refractivity contribution in [3.8, 4) is 0 Å². The Bertz CT molecular complexity index is 401. The minimum absolute atomic E-state index is 0.167. The lowest BCUT2D eigenvalue weighted by atomic mass is 9.97. The van der Waals surface area contributed by atoms with Crippen molar-refractivity contribution in [1.29, 1.82) is 0 Å². The van der Waals surface area contributed by atoms with Crippen LogP contribution in [0.25, 0.3) is 0 Å². The normalized spacial score (nSPS) is 20.9. The molecule has 0 amide bonds. The van der Waals surface area contributed by atoms with Gasteiger partial charge in [-0.15, -0.1) is 0 Å². The molecular weight excluding hydrogens is 224 g/mol. The molecule has 2 nitrogen and oxygen atoms in total. The molecule has 1 heterocycles. The minimum atomic E-state index is -0.791. The average molecular weight is 241 g/mol. The number of rotatable bonds is 2. The summed E-state index contributed by atoms with van der Waals surface area (Å²) < 4.78 is 32.7. The summed E-state index contributed by atoms with van der Waals surface area (Å²) in [5, 5.41) is 3.11. The standard InChI is InChI=1S/C13H17F2NO/c1-8(2)9-5-10(13(15)11(14)6-9)12-7-16-3-4-17-12/h5-6,8,12,16H,3-4,7H2,1-2H3. The van der Waals surface area contributed by atoms with Crippen LogP contribution in [0.2, 0.25) is 0 Å². The summed E-state index contributed by atoms with van der Waals surface area (Å²) in [4.78, 5) is 0. The van der Waals surface area contributed by atoms with Gasteiger partial charge in [0.25, 0.3) is 0 Å². The van der Waals surface area contributed by atoms with E-state index in [0.717, 1.165) is 12.1 Å². The fourth-order valence-corrected chi connectivity index (χ4v) is 1.96. The third-order valence-electron chi connectivity index (χ3n) is 3.02. The minimum Gasteiger partial charge on any atom is -0.371 e. The highest BCUT2D eigenvalue weighted by Gasteiger charge is 2.22. The Morgan fingerprint density at radius 3 is 2.71 bits per heavy atom. The summed E-state index contributed by atoms with van der Waals surface area (Å²) >= 11 is 0. The van der Waals surface area contributed by atoms with Crippen LogP contribution in [0.1, 0.15) is 37.0 Å². The molecule has 1 aromatic carbocycles. The fourth-order valence-electron chi connectivity index (χ4n) is 1.96. The van der Waals surface area contributed by atoms with E-state index in [1.807, 2.05) is 13.8 Å². The number of hydrogen-bond donors (Lipinski definition) is 1. The molecule has 0 spiro atoms. The molecule has 1 saturated heterocycles. The third-order valence-corrected chi connectivity index (χ3v) is 3.02. The molecule has 1 N–H and O–H groups in total. The summed E-state index contributed by atoms with van der Waals surface area (Å²) in [5.41, 5.74) is 1.12. The van der Waals surface area contributed by atoms with Gasteiger partial charge < -0.3 is 10.1 Å². The molecule has 1 aliphatic rings. The van der Waals surface area contributed by atoms with Crippen LogP contribution in [0.15, 0.2) is 12.1 Å². The van der Waals surface area contributed by atoms with Gasteiger partial charge in [0, 0.05) is 18.7 Å². The van der Waals surface area contributed by atoms with Crippen molar-refractivity contribution in [3.05, 3.63) is 34.9 Å². The predicted octanol–water partition coefficient (Wildman–Crippen LogP) is 2.75. The Morgan fingerprint density at radius 2 is 2.12 bits per heavy atom. The zero-order valence-electron chi connectivity index (χ0n) is 10.1. The first-order chi connectivity index (χ1) is 8.09. The molecule has 0 saturated carbocycles. The lowest BCUT2D eigenvalue weighted by Gasteiger charge is -2.25. The number of nitrogens with one attached hydrogen (secondary N) is 1. The average Bonchev–Trinajstić information content (AvgIpc) is 2.33. The molecule has 0 bridgehead atoms. The van der Waals surface area contributed by atoms with E-state index in [1.165, 1.54) is 6.07 Å². The number of halogens is 2. The monoisotopic (exact) mass is 241 g/mol. The predicted molar refractivity (Wildman–Crippen MR) is 62.0 cm³/mol. The maximum absolute atomic E-state index is 13.7. The summed E-state index contributed by atoms with van der Waals surface area (Å²) in [5.74, 6) is -1.41. The first kappa shape index (κ1) is 12.5. The van der Waals surface area contributed by atoms with E-state index in [-0.39, 0.29) is 5.92 Å². The second-order valence-electron chi connectivity index (χ2n) is 4.62. The van der Waals surface area contributed by atoms with Crippen molar-refractivity contribution in [2.45, 2.75) is 25.9 Å². The Morgan fingerprint density at radius 1 is 1.35 bits per heavy atom. The number of morpholine rings is 1. The molecule has 0 aliphatic carbocycles. The van der Waals surface area contributed by atoms with Crippen molar-refractivity contribution < 1.29 is 13.5 Å². The molecule has 1 aromatic rings. The van der Waals surface area contributed by atoms with Gasteiger partial charge in [0.1, 0.15) is 0 Å². The van der Waals surface area contributed by atoms with Crippen molar-refractivity contribution in [2.75, 3.05) is 19.7 Å². The Labute approximate surface area is 100.0 Å². The number of benzene rings is 1. The van der Waals surface area contributed by atoms with Gasteiger partial charge >= 0.3 is 0 Å². The summed E-state index contributed by atoms with van der Waals surface area (Å²) in [6, 6.07) is 2.97. The third kappa shape index (κ3) is 2.64. The largest absolute Gasteiger partial charge is 0.371 e. The fraction of sp³-hybridized carbons (Fsp3) is 0.538. The quantitative estimate of drug-likeness (QED) is 0.859. The van der Waals surface area contributed by atoms with Crippen LogP contribution in [0, 0.1) is 11.6 Å². The van der Waals surface area contributed by atoms with Crippen molar-refractivity contribution in [1.82, 2.24) is 5.32 Å². The van der Waals surface area contributed by atoms with Crippen LogP contribution >= 0.6 is 0 Å². The van der Waals surface area contributed by atoms with E-state index in [2.05, 4.69) is 5.32 Å². The van der Waals surface area contributed by atoms with Crippen LogP contribution < -0.4 is 5.32 Å². The van der Waals surface area contributed by atoms with Crippen molar-refractivity contribution in [3.63, 3.8) is 0 Å². The summed E-state index contributed by atoms with van der Waals surface area (Å²) in [6.07, 6.45) is -0.392. The molecule has 4 heteroatoms. The van der Waals surface area contributed by atoms with Crippen LogP contribution in [0.5, 0.6) is 0 Å². The highest BCUT2D eigenvalue weighted by Crippen LogP contribution is 2.27. The van der Waals surface area contributed by atoms with Crippen LogP contribution in [0.4, 0.5) is 8.78 Å². The van der Waals surface area contributed by atoms with Crippen LogP contribution in [-0.2, 0) is 4.74 Å². The maximum Gasteiger partial charge on any atom is 0.164 e. The van der Waals surface area contributed by atoms with E-state index >= 15 is 0 Å². The zero-order valence-corrected chi connectivity index (χ0v) is 10.1. The first-order valence-corrected chi connectivity index (χ1v) is 5.90. The Kier molecular flexibility index (Phi) is 3.74. The smallest absolute Gasteiger partial charge is 0.164 e. The van der Waals surface area contributed by atoms with E-state index in [9.17, 15) is 8.78 Å². The van der Waals surface area contributed by atoms with Crippen LogP contribution in [0.3, 0.4) is 0 Å². The number of hydrogen-bond acceptors (Lipinski definition) is 2. The molecule has 94 valence electrons. The molecule has 17 heavy (non-hydrogen) atoms. The first-order valence-electron chi connectivity index (χ1n) is 5.90. The topological polar surface area (TPSA) is 21.3 Å². The van der Waals surface area contributed by atoms with Gasteiger partial charge in [0.2, 0.25) is 0 Å². The van der Waals surface area contributed by atoms with Gasteiger partial charge in [-0.2, -0.15) is 0 Å². The summed E-state index contributed by atoms with van der Waals surface area (Å²) in [6.45, 7) is 5.72. The van der Waals surface area contributed by atoms with E-state index < -0.39 is 17.7 Å². The molecule has 2 rings (SSSR count). The highest BCUT2D eigenvalue weighted by molar-refractivity contribution is 5.30. The molecule has 0 aromatic heterocycles. The Hall–Kier alpha value is -1.00. The van der Waals surface area contributed by atoms with Crippen molar-refractivity contribution >= 4 is 0 Å². The lowest BCUT2D eigenvalue weighted by molar-refractivity contribution is 0.0250. The zero-order chi connectivity index (χ0) is 12.4. The molecule has 1 unspecified atom stereocenters.